The molecule has 1 atom stereocenters. The smallest absolute Gasteiger partial charge is 0.276 e. The van der Waals surface area contributed by atoms with Crippen molar-refractivity contribution in [3.05, 3.63) is 69.3 Å². The van der Waals surface area contributed by atoms with E-state index in [9.17, 15) is 9.59 Å². The molecule has 168 valence electrons. The number of fused-ring (bicyclic) bond motifs is 2. The van der Waals surface area contributed by atoms with Crippen LogP contribution in [0, 0.1) is 0 Å². The quantitative estimate of drug-likeness (QED) is 0.648. The molecule has 0 unspecified atom stereocenters. The molecule has 1 N–H and O–H groups in total. The average molecular weight is 434 g/mol. The van der Waals surface area contributed by atoms with E-state index in [0.29, 0.717) is 37.6 Å². The lowest BCUT2D eigenvalue weighted by molar-refractivity contribution is -0.131. The Morgan fingerprint density at radius 3 is 2.88 bits per heavy atom. The molecular weight excluding hydrogens is 402 g/mol. The van der Waals surface area contributed by atoms with Gasteiger partial charge in [0.05, 0.1) is 24.0 Å². The number of hydrogen-bond acceptors (Lipinski definition) is 4. The second-order valence-corrected chi connectivity index (χ2v) is 8.95. The molecule has 5 rings (SSSR count). The highest BCUT2D eigenvalue weighted by atomic mass is 16.2. The van der Waals surface area contributed by atoms with E-state index in [0.717, 1.165) is 55.7 Å². The van der Waals surface area contributed by atoms with Crippen molar-refractivity contribution < 1.29 is 4.79 Å². The molecule has 32 heavy (non-hydrogen) atoms. The summed E-state index contributed by atoms with van der Waals surface area (Å²) in [5, 5.41) is 3.36. The van der Waals surface area contributed by atoms with Crippen molar-refractivity contribution in [3.8, 4) is 0 Å². The number of aromatic amines is 1. The number of amides is 1. The third kappa shape index (κ3) is 3.97. The minimum atomic E-state index is -0.0199. The topological polar surface area (TPSA) is 73.7 Å². The number of hydrogen-bond donors (Lipinski definition) is 1. The first-order valence-corrected chi connectivity index (χ1v) is 11.8. The number of rotatable bonds is 6. The van der Waals surface area contributed by atoms with Crippen molar-refractivity contribution in [1.29, 1.82) is 0 Å². The summed E-state index contributed by atoms with van der Waals surface area (Å²) in [6, 6.07) is 13.0. The van der Waals surface area contributed by atoms with Gasteiger partial charge in [0.15, 0.2) is 5.65 Å². The van der Waals surface area contributed by atoms with Gasteiger partial charge in [-0.05, 0) is 50.8 Å². The second kappa shape index (κ2) is 8.90. The predicted octanol–water partition coefficient (Wildman–Crippen LogP) is 3.09. The first-order valence-electron chi connectivity index (χ1n) is 11.8. The summed E-state index contributed by atoms with van der Waals surface area (Å²) in [5.41, 5.74) is 4.57. The molecule has 0 saturated carbocycles. The van der Waals surface area contributed by atoms with Gasteiger partial charge in [-0.3, -0.25) is 19.6 Å². The monoisotopic (exact) mass is 433 g/mol. The standard InChI is InChI=1S/C25H31N5O2/c1-2-24(31)29-15-12-19-21(17-29)26-23-16-20(27-30(23)25(19)32)22-11-7-14-28(22)13-6-10-18-8-4-3-5-9-18/h3-5,8-9,16,22,27H,2,6-7,10-15,17H2,1H3/t22-/m0/s1. The van der Waals surface area contributed by atoms with Crippen LogP contribution >= 0.6 is 0 Å². The zero-order chi connectivity index (χ0) is 22.1. The van der Waals surface area contributed by atoms with E-state index in [1.807, 2.05) is 17.9 Å². The number of carbonyl (C=O) groups excluding carboxylic acids is 1. The highest BCUT2D eigenvalue weighted by molar-refractivity contribution is 5.76. The van der Waals surface area contributed by atoms with Gasteiger partial charge >= 0.3 is 0 Å². The molecule has 0 bridgehead atoms. The minimum absolute atomic E-state index is 0.0199. The van der Waals surface area contributed by atoms with E-state index in [-0.39, 0.29) is 11.5 Å². The van der Waals surface area contributed by atoms with Crippen LogP contribution in [0.4, 0.5) is 0 Å². The Morgan fingerprint density at radius 2 is 2.06 bits per heavy atom. The SMILES string of the molecule is CCC(=O)N1CCc2c(nc3cc([C@@H]4CCCN4CCCc4ccccc4)[nH]n3c2=O)C1. The minimum Gasteiger partial charge on any atom is -0.336 e. The van der Waals surface area contributed by atoms with Crippen molar-refractivity contribution in [3.63, 3.8) is 0 Å². The zero-order valence-corrected chi connectivity index (χ0v) is 18.7. The fourth-order valence-electron chi connectivity index (χ4n) is 5.20. The molecule has 2 aliphatic heterocycles. The Kier molecular flexibility index (Phi) is 5.83. The van der Waals surface area contributed by atoms with Crippen LogP contribution in [0.15, 0.2) is 41.2 Å². The number of nitrogens with zero attached hydrogens (tertiary/aromatic N) is 4. The zero-order valence-electron chi connectivity index (χ0n) is 18.7. The molecule has 2 aromatic heterocycles. The van der Waals surface area contributed by atoms with Crippen molar-refractivity contribution in [2.24, 2.45) is 0 Å². The maximum atomic E-state index is 13.1. The number of aryl methyl sites for hydroxylation is 1. The second-order valence-electron chi connectivity index (χ2n) is 8.95. The summed E-state index contributed by atoms with van der Waals surface area (Å²) in [6.45, 7) is 5.02. The molecule has 1 amide bonds. The third-order valence-corrected chi connectivity index (χ3v) is 6.92. The van der Waals surface area contributed by atoms with Crippen molar-refractivity contribution in [1.82, 2.24) is 24.4 Å². The van der Waals surface area contributed by atoms with E-state index >= 15 is 0 Å². The van der Waals surface area contributed by atoms with Gasteiger partial charge in [0.1, 0.15) is 0 Å². The molecule has 1 aromatic carbocycles. The maximum Gasteiger partial charge on any atom is 0.276 e. The van der Waals surface area contributed by atoms with Crippen LogP contribution in [-0.2, 0) is 24.2 Å². The molecule has 7 nitrogen and oxygen atoms in total. The van der Waals surface area contributed by atoms with E-state index in [1.165, 1.54) is 5.56 Å². The fourth-order valence-corrected chi connectivity index (χ4v) is 5.20. The number of carbonyl (C=O) groups is 1. The first kappa shape index (κ1) is 20.9. The lowest BCUT2D eigenvalue weighted by atomic mass is 10.1. The van der Waals surface area contributed by atoms with Gasteiger partial charge < -0.3 is 4.90 Å². The highest BCUT2D eigenvalue weighted by Crippen LogP contribution is 2.31. The molecule has 7 heteroatoms. The molecule has 0 spiro atoms. The summed E-state index contributed by atoms with van der Waals surface area (Å²) in [4.78, 5) is 34.4. The average Bonchev–Trinajstić information content (AvgIpc) is 3.46. The van der Waals surface area contributed by atoms with Gasteiger partial charge in [0, 0.05) is 24.6 Å². The van der Waals surface area contributed by atoms with Gasteiger partial charge in [-0.25, -0.2) is 9.50 Å². The van der Waals surface area contributed by atoms with Crippen LogP contribution in [0.25, 0.3) is 5.65 Å². The fraction of sp³-hybridized carbons (Fsp3) is 0.480. The van der Waals surface area contributed by atoms with Crippen LogP contribution in [0.5, 0.6) is 0 Å². The number of H-pyrrole nitrogens is 1. The molecule has 2 aliphatic rings. The van der Waals surface area contributed by atoms with Crippen molar-refractivity contribution >= 4 is 11.6 Å². The first-order chi connectivity index (χ1) is 15.6. The van der Waals surface area contributed by atoms with Crippen LogP contribution in [0.2, 0.25) is 0 Å². The van der Waals surface area contributed by atoms with Crippen molar-refractivity contribution in [2.45, 2.75) is 58.0 Å². The number of likely N-dealkylation sites (tertiary alicyclic amines) is 1. The summed E-state index contributed by atoms with van der Waals surface area (Å²) < 4.78 is 1.60. The van der Waals surface area contributed by atoms with Gasteiger partial charge in [0.2, 0.25) is 5.91 Å². The van der Waals surface area contributed by atoms with E-state index in [2.05, 4.69) is 40.3 Å². The predicted molar refractivity (Wildman–Crippen MR) is 124 cm³/mol. The Labute approximate surface area is 188 Å². The molecule has 3 aromatic rings. The maximum absolute atomic E-state index is 13.1. The molecule has 1 fully saturated rings. The molecule has 4 heterocycles. The largest absolute Gasteiger partial charge is 0.336 e. The number of nitrogens with one attached hydrogen (secondary N) is 1. The molecule has 0 radical (unpaired) electrons. The summed E-state index contributed by atoms with van der Waals surface area (Å²) in [7, 11) is 0. The molecular formula is C25H31N5O2. The third-order valence-electron chi connectivity index (χ3n) is 6.92. The Morgan fingerprint density at radius 1 is 1.22 bits per heavy atom. The van der Waals surface area contributed by atoms with E-state index in [1.54, 1.807) is 4.52 Å². The summed E-state index contributed by atoms with van der Waals surface area (Å²) in [6.07, 6.45) is 5.50. The normalized spacial score (nSPS) is 18.9. The molecule has 0 aliphatic carbocycles. The van der Waals surface area contributed by atoms with E-state index in [4.69, 9.17) is 4.98 Å². The summed E-state index contributed by atoms with van der Waals surface area (Å²) in [5.74, 6) is 0.115. The van der Waals surface area contributed by atoms with Crippen LogP contribution in [0.3, 0.4) is 0 Å². The van der Waals surface area contributed by atoms with Crippen LogP contribution in [0.1, 0.15) is 61.2 Å². The number of aromatic nitrogens is 3. The summed E-state index contributed by atoms with van der Waals surface area (Å²) >= 11 is 0. The van der Waals surface area contributed by atoms with E-state index < -0.39 is 0 Å². The lowest BCUT2D eigenvalue weighted by Crippen LogP contribution is -2.39. The highest BCUT2D eigenvalue weighted by Gasteiger charge is 2.29. The Balaban J connectivity index is 1.34. The van der Waals surface area contributed by atoms with Crippen LogP contribution in [-0.4, -0.2) is 49.9 Å². The molecule has 1 saturated heterocycles. The van der Waals surface area contributed by atoms with Gasteiger partial charge in [-0.2, -0.15) is 0 Å². The lowest BCUT2D eigenvalue weighted by Gasteiger charge is -2.27. The van der Waals surface area contributed by atoms with Gasteiger partial charge in [-0.1, -0.05) is 37.3 Å². The Bertz CT molecular complexity index is 1170. The van der Waals surface area contributed by atoms with Crippen LogP contribution < -0.4 is 5.56 Å². The van der Waals surface area contributed by atoms with Gasteiger partial charge in [0.25, 0.3) is 5.56 Å². The Hall–Kier alpha value is -2.93. The van der Waals surface area contributed by atoms with Gasteiger partial charge in [-0.15, -0.1) is 0 Å². The van der Waals surface area contributed by atoms with Crippen molar-refractivity contribution in [2.75, 3.05) is 19.6 Å². The number of benzene rings is 1.